The zero-order chi connectivity index (χ0) is 17.6. The van der Waals surface area contributed by atoms with Crippen LogP contribution in [0.25, 0.3) is 0 Å². The number of hydrogen-bond acceptors (Lipinski definition) is 5. The maximum Gasteiger partial charge on any atom is 0.317 e. The second-order valence-electron chi connectivity index (χ2n) is 6.47. The predicted octanol–water partition coefficient (Wildman–Crippen LogP) is 1.76. The lowest BCUT2D eigenvalue weighted by atomic mass is 10.1. The molecule has 0 radical (unpaired) electrons. The number of nitrogens with one attached hydrogen (secondary N) is 1. The summed E-state index contributed by atoms with van der Waals surface area (Å²) in [5, 5.41) is 6.82. The summed E-state index contributed by atoms with van der Waals surface area (Å²) in [6.45, 7) is 8.24. The Balaban J connectivity index is 1.38. The number of benzene rings is 1. The molecule has 1 aliphatic heterocycles. The molecule has 0 saturated carbocycles. The van der Waals surface area contributed by atoms with Gasteiger partial charge in [0.05, 0.1) is 6.54 Å². The second kappa shape index (κ2) is 8.11. The number of carbonyl (C=O) groups is 1. The van der Waals surface area contributed by atoms with Gasteiger partial charge < -0.3 is 14.7 Å². The first-order valence-corrected chi connectivity index (χ1v) is 8.70. The van der Waals surface area contributed by atoms with Crippen LogP contribution in [0, 0.1) is 13.8 Å². The van der Waals surface area contributed by atoms with Crippen LogP contribution in [0.15, 0.2) is 28.8 Å². The van der Waals surface area contributed by atoms with Gasteiger partial charge in [-0.05, 0) is 25.8 Å². The van der Waals surface area contributed by atoms with Crippen molar-refractivity contribution in [1.29, 1.82) is 0 Å². The lowest BCUT2D eigenvalue weighted by Gasteiger charge is -2.33. The van der Waals surface area contributed by atoms with Crippen LogP contribution >= 0.6 is 0 Å². The van der Waals surface area contributed by atoms with Gasteiger partial charge in [-0.2, -0.15) is 4.98 Å². The van der Waals surface area contributed by atoms with Crippen molar-refractivity contribution in [2.45, 2.75) is 26.8 Å². The Morgan fingerprint density at radius 3 is 2.72 bits per heavy atom. The summed E-state index contributed by atoms with van der Waals surface area (Å²) in [6, 6.07) is 8.40. The van der Waals surface area contributed by atoms with E-state index in [0.717, 1.165) is 19.5 Å². The van der Waals surface area contributed by atoms with Gasteiger partial charge >= 0.3 is 6.03 Å². The minimum Gasteiger partial charge on any atom is -0.338 e. The molecule has 2 aromatic rings. The van der Waals surface area contributed by atoms with E-state index in [4.69, 9.17) is 4.52 Å². The standard InChI is InChI=1S/C18H25N5O2/c1-14-4-3-5-16(12-14)6-7-19-18(24)23-10-8-22(9-11-23)13-17-20-15(2)21-25-17/h3-5,12H,6-11,13H2,1-2H3,(H,19,24). The van der Waals surface area contributed by atoms with Crippen molar-refractivity contribution in [3.63, 3.8) is 0 Å². The molecule has 134 valence electrons. The first-order chi connectivity index (χ1) is 12.1. The van der Waals surface area contributed by atoms with Gasteiger partial charge in [0.1, 0.15) is 0 Å². The third kappa shape index (κ3) is 5.03. The van der Waals surface area contributed by atoms with Crippen LogP contribution in [0.5, 0.6) is 0 Å². The maximum atomic E-state index is 12.3. The fourth-order valence-corrected chi connectivity index (χ4v) is 3.00. The molecular formula is C18H25N5O2. The fraction of sp³-hybridized carbons (Fsp3) is 0.500. The molecular weight excluding hydrogens is 318 g/mol. The van der Waals surface area contributed by atoms with E-state index in [1.807, 2.05) is 11.8 Å². The zero-order valence-corrected chi connectivity index (χ0v) is 14.9. The van der Waals surface area contributed by atoms with Crippen molar-refractivity contribution in [3.8, 4) is 0 Å². The smallest absolute Gasteiger partial charge is 0.317 e. The summed E-state index contributed by atoms with van der Waals surface area (Å²) in [4.78, 5) is 20.6. The molecule has 7 heteroatoms. The first-order valence-electron chi connectivity index (χ1n) is 8.70. The quantitative estimate of drug-likeness (QED) is 0.895. The third-order valence-electron chi connectivity index (χ3n) is 4.36. The number of urea groups is 1. The molecule has 1 aromatic heterocycles. The lowest BCUT2D eigenvalue weighted by molar-refractivity contribution is 0.126. The molecule has 1 aliphatic rings. The number of rotatable bonds is 5. The molecule has 0 atom stereocenters. The first kappa shape index (κ1) is 17.4. The average Bonchev–Trinajstić information content (AvgIpc) is 3.00. The Bertz CT molecular complexity index is 707. The maximum absolute atomic E-state index is 12.3. The van der Waals surface area contributed by atoms with Crippen molar-refractivity contribution < 1.29 is 9.32 Å². The highest BCUT2D eigenvalue weighted by Gasteiger charge is 2.22. The molecule has 0 unspecified atom stereocenters. The number of aromatic nitrogens is 2. The number of nitrogens with zero attached hydrogens (tertiary/aromatic N) is 4. The highest BCUT2D eigenvalue weighted by molar-refractivity contribution is 5.74. The SMILES string of the molecule is Cc1cccc(CCNC(=O)N2CCN(Cc3nc(C)no3)CC2)c1. The molecule has 1 N–H and O–H groups in total. The van der Waals surface area contributed by atoms with E-state index < -0.39 is 0 Å². The van der Waals surface area contributed by atoms with Gasteiger partial charge in [0.25, 0.3) is 0 Å². The predicted molar refractivity (Wildman–Crippen MR) is 94.2 cm³/mol. The van der Waals surface area contributed by atoms with Crippen LogP contribution in [0.4, 0.5) is 4.79 Å². The summed E-state index contributed by atoms with van der Waals surface area (Å²) < 4.78 is 5.15. The molecule has 1 aromatic carbocycles. The third-order valence-corrected chi connectivity index (χ3v) is 4.36. The van der Waals surface area contributed by atoms with E-state index in [1.165, 1.54) is 11.1 Å². The largest absolute Gasteiger partial charge is 0.338 e. The van der Waals surface area contributed by atoms with Crippen molar-refractivity contribution in [2.75, 3.05) is 32.7 Å². The summed E-state index contributed by atoms with van der Waals surface area (Å²) in [7, 11) is 0. The molecule has 0 bridgehead atoms. The van der Waals surface area contributed by atoms with Gasteiger partial charge in [-0.15, -0.1) is 0 Å². The minimum atomic E-state index is 0.0148. The van der Waals surface area contributed by atoms with Crippen LogP contribution in [0.1, 0.15) is 22.8 Å². The molecule has 2 amide bonds. The Morgan fingerprint density at radius 2 is 2.04 bits per heavy atom. The van der Waals surface area contributed by atoms with E-state index in [9.17, 15) is 4.79 Å². The summed E-state index contributed by atoms with van der Waals surface area (Å²) in [6.07, 6.45) is 0.851. The van der Waals surface area contributed by atoms with Crippen molar-refractivity contribution in [2.24, 2.45) is 0 Å². The van der Waals surface area contributed by atoms with Crippen LogP contribution in [0.2, 0.25) is 0 Å². The van der Waals surface area contributed by atoms with E-state index in [2.05, 4.69) is 51.5 Å². The number of carbonyl (C=O) groups excluding carboxylic acids is 1. The average molecular weight is 343 g/mol. The Labute approximate surface area is 148 Å². The molecule has 1 saturated heterocycles. The summed E-state index contributed by atoms with van der Waals surface area (Å²) in [5.41, 5.74) is 2.50. The second-order valence-corrected chi connectivity index (χ2v) is 6.47. The molecule has 0 spiro atoms. The summed E-state index contributed by atoms with van der Waals surface area (Å²) >= 11 is 0. The number of hydrogen-bond donors (Lipinski definition) is 1. The van der Waals surface area contributed by atoms with E-state index in [0.29, 0.717) is 37.9 Å². The fourth-order valence-electron chi connectivity index (χ4n) is 3.00. The lowest BCUT2D eigenvalue weighted by Crippen LogP contribution is -2.51. The van der Waals surface area contributed by atoms with Crippen LogP contribution in [0.3, 0.4) is 0 Å². The number of aryl methyl sites for hydroxylation is 2. The number of amides is 2. The van der Waals surface area contributed by atoms with Gasteiger partial charge in [0, 0.05) is 32.7 Å². The Hall–Kier alpha value is -2.41. The highest BCUT2D eigenvalue weighted by atomic mass is 16.5. The Kier molecular flexibility index (Phi) is 5.65. The van der Waals surface area contributed by atoms with Gasteiger partial charge in [-0.25, -0.2) is 4.79 Å². The van der Waals surface area contributed by atoms with Crippen molar-refractivity contribution in [3.05, 3.63) is 47.1 Å². The minimum absolute atomic E-state index is 0.0148. The van der Waals surface area contributed by atoms with Crippen LogP contribution in [-0.2, 0) is 13.0 Å². The van der Waals surface area contributed by atoms with Gasteiger partial charge in [0.15, 0.2) is 5.82 Å². The van der Waals surface area contributed by atoms with Gasteiger partial charge in [0.2, 0.25) is 5.89 Å². The summed E-state index contributed by atoms with van der Waals surface area (Å²) in [5.74, 6) is 1.29. The Morgan fingerprint density at radius 1 is 1.24 bits per heavy atom. The van der Waals surface area contributed by atoms with Crippen molar-refractivity contribution in [1.82, 2.24) is 25.3 Å². The molecule has 3 rings (SSSR count). The van der Waals surface area contributed by atoms with Gasteiger partial charge in [-0.1, -0.05) is 35.0 Å². The van der Waals surface area contributed by atoms with Crippen LogP contribution < -0.4 is 5.32 Å². The van der Waals surface area contributed by atoms with E-state index in [-0.39, 0.29) is 6.03 Å². The van der Waals surface area contributed by atoms with E-state index in [1.54, 1.807) is 0 Å². The monoisotopic (exact) mass is 343 g/mol. The molecule has 7 nitrogen and oxygen atoms in total. The normalized spacial score (nSPS) is 15.4. The molecule has 25 heavy (non-hydrogen) atoms. The zero-order valence-electron chi connectivity index (χ0n) is 14.9. The highest BCUT2D eigenvalue weighted by Crippen LogP contribution is 2.08. The van der Waals surface area contributed by atoms with Crippen LogP contribution in [-0.4, -0.2) is 58.7 Å². The number of piperazine rings is 1. The van der Waals surface area contributed by atoms with Gasteiger partial charge in [-0.3, -0.25) is 4.90 Å². The molecule has 1 fully saturated rings. The molecule has 2 heterocycles. The molecule has 0 aliphatic carbocycles. The topological polar surface area (TPSA) is 74.5 Å². The van der Waals surface area contributed by atoms with Crippen molar-refractivity contribution >= 4 is 6.03 Å². The van der Waals surface area contributed by atoms with E-state index >= 15 is 0 Å².